The topological polar surface area (TPSA) is 87.2 Å². The Morgan fingerprint density at radius 3 is 0.865 bits per heavy atom. The number of para-hydroxylation sites is 2. The molecular weight excluding hydrogens is 1170 g/mol. The average molecular weight is 1230 g/mol. The summed E-state index contributed by atoms with van der Waals surface area (Å²) in [4.78, 5) is 32.1. The monoisotopic (exact) mass is 1230 g/mol. The van der Waals surface area contributed by atoms with E-state index in [0.29, 0.717) is 34.9 Å². The van der Waals surface area contributed by atoms with Crippen LogP contribution in [0.5, 0.6) is 0 Å². The molecule has 0 aliphatic carbocycles. The lowest BCUT2D eigenvalue weighted by Crippen LogP contribution is -2.03. The van der Waals surface area contributed by atoms with Gasteiger partial charge in [-0.15, -0.1) is 0 Å². The van der Waals surface area contributed by atoms with Gasteiger partial charge in [0.15, 0.2) is 34.9 Å². The maximum Gasteiger partial charge on any atom is 0.164 e. The third kappa shape index (κ3) is 10.6. The van der Waals surface area contributed by atoms with E-state index in [1.807, 2.05) is 72.8 Å². The summed E-state index contributed by atoms with van der Waals surface area (Å²) in [6.45, 7) is 8.67. The lowest BCUT2D eigenvalue weighted by atomic mass is 9.92. The van der Waals surface area contributed by atoms with Gasteiger partial charge < -0.3 is 9.13 Å². The Labute approximate surface area is 556 Å². The van der Waals surface area contributed by atoms with E-state index < -0.39 is 0 Å². The molecule has 0 saturated carbocycles. The zero-order valence-corrected chi connectivity index (χ0v) is 53.4. The van der Waals surface area contributed by atoms with E-state index in [1.165, 1.54) is 66.1 Å². The Morgan fingerprint density at radius 1 is 0.188 bits per heavy atom. The van der Waals surface area contributed by atoms with E-state index in [2.05, 4.69) is 267 Å². The Bertz CT molecular complexity index is 5360. The molecule has 8 nitrogen and oxygen atoms in total. The summed E-state index contributed by atoms with van der Waals surface area (Å²) in [7, 11) is 0. The summed E-state index contributed by atoms with van der Waals surface area (Å²) < 4.78 is 4.77. The van der Waals surface area contributed by atoms with Crippen molar-refractivity contribution in [2.45, 2.75) is 27.7 Å². The first-order valence-corrected chi connectivity index (χ1v) is 32.6. The van der Waals surface area contributed by atoms with Crippen LogP contribution in [-0.2, 0) is 0 Å². The molecule has 17 rings (SSSR count). The van der Waals surface area contributed by atoms with Gasteiger partial charge in [0.05, 0.1) is 22.1 Å². The quantitative estimate of drug-likeness (QED) is 0.121. The van der Waals surface area contributed by atoms with Crippen molar-refractivity contribution in [3.63, 3.8) is 0 Å². The molecule has 4 aromatic heterocycles. The number of hydrogen-bond donors (Lipinski definition) is 0. The molecule has 0 atom stereocenters. The normalized spacial score (nSPS) is 11.5. The van der Waals surface area contributed by atoms with E-state index in [9.17, 15) is 0 Å². The summed E-state index contributed by atoms with van der Waals surface area (Å²) in [6.07, 6.45) is 0. The first-order valence-electron chi connectivity index (χ1n) is 32.6. The Morgan fingerprint density at radius 2 is 0.500 bits per heavy atom. The van der Waals surface area contributed by atoms with Crippen molar-refractivity contribution >= 4 is 43.6 Å². The molecule has 13 aromatic carbocycles. The van der Waals surface area contributed by atoms with Gasteiger partial charge in [-0.05, 0) is 139 Å². The molecule has 8 heteroatoms. The van der Waals surface area contributed by atoms with Crippen molar-refractivity contribution in [3.05, 3.63) is 326 Å². The molecule has 96 heavy (non-hydrogen) atoms. The fourth-order valence-electron chi connectivity index (χ4n) is 14.1. The second kappa shape index (κ2) is 23.9. The molecule has 0 fully saturated rings. The van der Waals surface area contributed by atoms with Crippen LogP contribution in [-0.4, -0.2) is 39.0 Å². The predicted octanol–water partition coefficient (Wildman–Crippen LogP) is 22.2. The van der Waals surface area contributed by atoms with E-state index >= 15 is 0 Å². The van der Waals surface area contributed by atoms with Crippen LogP contribution in [0.15, 0.2) is 303 Å². The lowest BCUT2D eigenvalue weighted by Gasteiger charge is -2.18. The van der Waals surface area contributed by atoms with Gasteiger partial charge in [-0.2, -0.15) is 0 Å². The lowest BCUT2D eigenvalue weighted by molar-refractivity contribution is 1.07. The maximum absolute atomic E-state index is 5.44. The minimum Gasteiger partial charge on any atom is -0.309 e. The molecule has 0 spiro atoms. The SMILES string of the molecule is Cc1cc(C)cc(-c2ccc3c(c2)c2ccccc2n3-c2ccc(-c3cccc(-c4ccc(-n5c6ccccc6c6cc(-c7cc(C)cc(C)c7)ccc65)cc4-c4nc(-c5ccccc5)nc(-c5ccccc5)n4)c3)c(-c3nc(-c4ccccc4)nc(-c4ccccc4)n3)c2)c1. The average Bonchev–Trinajstić information content (AvgIpc) is 1.61. The molecule has 0 unspecified atom stereocenters. The number of fused-ring (bicyclic) bond motifs is 6. The van der Waals surface area contributed by atoms with Crippen molar-refractivity contribution in [3.8, 4) is 124 Å². The molecule has 4 heterocycles. The van der Waals surface area contributed by atoms with Gasteiger partial charge in [-0.1, -0.05) is 259 Å². The molecule has 0 amide bonds. The summed E-state index contributed by atoms with van der Waals surface area (Å²) in [6, 6.07) is 108. The van der Waals surface area contributed by atoms with Crippen molar-refractivity contribution in [2.24, 2.45) is 0 Å². The number of hydrogen-bond acceptors (Lipinski definition) is 6. The van der Waals surface area contributed by atoms with Crippen LogP contribution >= 0.6 is 0 Å². The maximum atomic E-state index is 5.44. The van der Waals surface area contributed by atoms with Crippen LogP contribution < -0.4 is 0 Å². The van der Waals surface area contributed by atoms with Gasteiger partial charge in [0.2, 0.25) is 0 Å². The van der Waals surface area contributed by atoms with Crippen molar-refractivity contribution in [1.29, 1.82) is 0 Å². The van der Waals surface area contributed by atoms with Crippen LogP contribution in [0.4, 0.5) is 0 Å². The predicted molar refractivity (Wildman–Crippen MR) is 395 cm³/mol. The number of rotatable bonds is 12. The largest absolute Gasteiger partial charge is 0.309 e. The second-order valence-corrected chi connectivity index (χ2v) is 25.0. The first kappa shape index (κ1) is 57.4. The minimum atomic E-state index is 0.548. The van der Waals surface area contributed by atoms with E-state index in [0.717, 1.165) is 89.1 Å². The Kier molecular flexibility index (Phi) is 14.3. The molecule has 0 saturated heterocycles. The number of nitrogens with zero attached hydrogens (tertiary/aromatic N) is 8. The molecule has 17 aromatic rings. The first-order chi connectivity index (χ1) is 47.2. The van der Waals surface area contributed by atoms with Crippen LogP contribution in [0.25, 0.3) is 168 Å². The van der Waals surface area contributed by atoms with Crippen molar-refractivity contribution in [2.75, 3.05) is 0 Å². The third-order valence-corrected chi connectivity index (χ3v) is 18.3. The summed E-state index contributed by atoms with van der Waals surface area (Å²) >= 11 is 0. The fraction of sp³-hybridized carbons (Fsp3) is 0.0455. The minimum absolute atomic E-state index is 0.548. The summed E-state index contributed by atoms with van der Waals surface area (Å²) in [5.41, 5.74) is 25.2. The Hall–Kier alpha value is -12.5. The van der Waals surface area contributed by atoms with Crippen LogP contribution in [0, 0.1) is 27.7 Å². The smallest absolute Gasteiger partial charge is 0.164 e. The third-order valence-electron chi connectivity index (χ3n) is 18.3. The van der Waals surface area contributed by atoms with E-state index in [4.69, 9.17) is 29.9 Å². The van der Waals surface area contributed by atoms with Crippen molar-refractivity contribution < 1.29 is 0 Å². The van der Waals surface area contributed by atoms with Crippen LogP contribution in [0.2, 0.25) is 0 Å². The van der Waals surface area contributed by atoms with Crippen molar-refractivity contribution in [1.82, 2.24) is 39.0 Å². The molecule has 0 aliphatic heterocycles. The number of aryl methyl sites for hydroxylation is 4. The van der Waals surface area contributed by atoms with E-state index in [-0.39, 0.29) is 0 Å². The van der Waals surface area contributed by atoms with Crippen LogP contribution in [0.1, 0.15) is 22.3 Å². The van der Waals surface area contributed by atoms with Gasteiger partial charge in [-0.3, -0.25) is 0 Å². The van der Waals surface area contributed by atoms with Gasteiger partial charge in [-0.25, -0.2) is 29.9 Å². The van der Waals surface area contributed by atoms with Gasteiger partial charge >= 0.3 is 0 Å². The van der Waals surface area contributed by atoms with Gasteiger partial charge in [0.1, 0.15) is 0 Å². The fourth-order valence-corrected chi connectivity index (χ4v) is 14.1. The highest BCUT2D eigenvalue weighted by Crippen LogP contribution is 2.44. The number of benzene rings is 13. The summed E-state index contributed by atoms with van der Waals surface area (Å²) in [5, 5.41) is 4.68. The zero-order chi connectivity index (χ0) is 64.4. The standard InChI is InChI=1S/C88H62N8/c1-55-44-56(2)47-67(46-55)63-36-42-81-75(51-63)73-32-17-19-34-79(73)95(81)69-38-40-71(77(53-69)87-91-83(59-22-9-5-10-23-59)89-84(92-87)60-24-11-6-12-25-60)65-30-21-31-66(50-65)72-41-39-70(54-78(72)88-93-85(61-26-13-7-14-27-61)90-86(94-88)62-28-15-8-16-29-62)96-80-35-20-18-33-74(80)76-52-64(37-43-82(76)96)68-48-57(3)45-58(4)49-68/h5-54H,1-4H3. The van der Waals surface area contributed by atoms with Crippen LogP contribution in [0.3, 0.4) is 0 Å². The molecule has 0 aliphatic rings. The molecular formula is C88H62N8. The second-order valence-electron chi connectivity index (χ2n) is 25.0. The van der Waals surface area contributed by atoms with E-state index in [1.54, 1.807) is 0 Å². The number of aromatic nitrogens is 8. The molecule has 0 radical (unpaired) electrons. The highest BCUT2D eigenvalue weighted by molar-refractivity contribution is 6.12. The molecule has 0 N–H and O–H groups in total. The highest BCUT2D eigenvalue weighted by Gasteiger charge is 2.24. The van der Waals surface area contributed by atoms with Gasteiger partial charge in [0.25, 0.3) is 0 Å². The molecule has 0 bridgehead atoms. The van der Waals surface area contributed by atoms with Gasteiger partial charge in [0, 0.05) is 66.3 Å². The highest BCUT2D eigenvalue weighted by atomic mass is 15.1. The Balaban J connectivity index is 0.888. The zero-order valence-electron chi connectivity index (χ0n) is 53.4. The molecule has 454 valence electrons. The summed E-state index contributed by atoms with van der Waals surface area (Å²) in [5.74, 6) is 3.42.